The lowest BCUT2D eigenvalue weighted by molar-refractivity contribution is -0.143. The van der Waals surface area contributed by atoms with Crippen LogP contribution < -0.4 is 4.74 Å². The number of aromatic nitrogens is 2. The van der Waals surface area contributed by atoms with Crippen molar-refractivity contribution in [3.63, 3.8) is 0 Å². The van der Waals surface area contributed by atoms with E-state index in [4.69, 9.17) is 16.3 Å². The van der Waals surface area contributed by atoms with Crippen molar-refractivity contribution in [1.29, 1.82) is 0 Å². The maximum absolute atomic E-state index is 13.7. The lowest BCUT2D eigenvalue weighted by atomic mass is 10.1. The van der Waals surface area contributed by atoms with Gasteiger partial charge in [-0.15, -0.1) is 0 Å². The Morgan fingerprint density at radius 2 is 1.72 bits per heavy atom. The standard InChI is InChI=1S/C20H14ClF6N3O2/c1-29(11-12-3-2-4-13(9-12)19(22,23)24)18(31)32-16-10-28-30(17(16)20(25,26)27)15-7-5-14(21)6-8-15/h2-10H,11H2,1H3. The van der Waals surface area contributed by atoms with E-state index < -0.39 is 35.5 Å². The molecule has 0 aliphatic rings. The Kier molecular flexibility index (Phi) is 6.40. The molecule has 3 aromatic rings. The Morgan fingerprint density at radius 1 is 1.06 bits per heavy atom. The van der Waals surface area contributed by atoms with Crippen LogP contribution in [0.1, 0.15) is 16.8 Å². The van der Waals surface area contributed by atoms with Crippen LogP contribution in [-0.2, 0) is 18.9 Å². The average Bonchev–Trinajstić information content (AvgIpc) is 3.12. The minimum Gasteiger partial charge on any atom is -0.406 e. The fourth-order valence-electron chi connectivity index (χ4n) is 2.80. The average molecular weight is 478 g/mol. The van der Waals surface area contributed by atoms with E-state index >= 15 is 0 Å². The Bertz CT molecular complexity index is 1110. The number of hydrogen-bond acceptors (Lipinski definition) is 3. The van der Waals surface area contributed by atoms with Crippen LogP contribution in [-0.4, -0.2) is 27.8 Å². The van der Waals surface area contributed by atoms with Crippen molar-refractivity contribution in [3.8, 4) is 11.4 Å². The highest BCUT2D eigenvalue weighted by Crippen LogP contribution is 2.38. The maximum Gasteiger partial charge on any atom is 0.437 e. The monoisotopic (exact) mass is 477 g/mol. The number of carbonyl (C=O) groups is 1. The number of halogens is 7. The summed E-state index contributed by atoms with van der Waals surface area (Å²) >= 11 is 5.75. The Balaban J connectivity index is 1.82. The van der Waals surface area contributed by atoms with Crippen molar-refractivity contribution < 1.29 is 35.9 Å². The first kappa shape index (κ1) is 23.5. The minimum absolute atomic E-state index is 0.0290. The first-order chi connectivity index (χ1) is 14.9. The molecular formula is C20H14ClF6N3O2. The third-order valence-electron chi connectivity index (χ3n) is 4.26. The third kappa shape index (κ3) is 5.34. The van der Waals surface area contributed by atoms with E-state index in [2.05, 4.69) is 5.10 Å². The number of rotatable bonds is 4. The number of amides is 1. The van der Waals surface area contributed by atoms with Gasteiger partial charge >= 0.3 is 18.4 Å². The molecule has 0 unspecified atom stereocenters. The fraction of sp³-hybridized carbons (Fsp3) is 0.200. The number of carbonyl (C=O) groups excluding carboxylic acids is 1. The molecule has 2 aromatic carbocycles. The predicted molar refractivity (Wildman–Crippen MR) is 103 cm³/mol. The van der Waals surface area contributed by atoms with Crippen molar-refractivity contribution in [3.05, 3.63) is 76.6 Å². The molecule has 0 atom stereocenters. The van der Waals surface area contributed by atoms with Gasteiger partial charge in [0.25, 0.3) is 0 Å². The van der Waals surface area contributed by atoms with Gasteiger partial charge in [-0.2, -0.15) is 31.4 Å². The molecule has 0 saturated carbocycles. The Hall–Kier alpha value is -3.21. The van der Waals surface area contributed by atoms with Gasteiger partial charge in [0.15, 0.2) is 11.4 Å². The van der Waals surface area contributed by atoms with Crippen LogP contribution in [0.15, 0.2) is 54.7 Å². The highest BCUT2D eigenvalue weighted by Gasteiger charge is 2.40. The van der Waals surface area contributed by atoms with E-state index in [9.17, 15) is 31.1 Å². The largest absolute Gasteiger partial charge is 0.437 e. The zero-order chi connectivity index (χ0) is 23.7. The maximum atomic E-state index is 13.7. The molecule has 5 nitrogen and oxygen atoms in total. The summed E-state index contributed by atoms with van der Waals surface area (Å²) in [6, 6.07) is 9.55. The molecule has 32 heavy (non-hydrogen) atoms. The molecule has 0 aliphatic carbocycles. The van der Waals surface area contributed by atoms with Gasteiger partial charge in [-0.3, -0.25) is 0 Å². The molecule has 12 heteroatoms. The molecule has 0 bridgehead atoms. The van der Waals surface area contributed by atoms with Crippen molar-refractivity contribution in [2.75, 3.05) is 7.05 Å². The van der Waals surface area contributed by atoms with E-state index in [1.54, 1.807) is 0 Å². The number of alkyl halides is 6. The second kappa shape index (κ2) is 8.73. The zero-order valence-electron chi connectivity index (χ0n) is 16.2. The molecule has 0 fully saturated rings. The fourth-order valence-corrected chi connectivity index (χ4v) is 2.93. The van der Waals surface area contributed by atoms with E-state index in [-0.39, 0.29) is 17.8 Å². The van der Waals surface area contributed by atoms with Gasteiger partial charge in [0.1, 0.15) is 0 Å². The summed E-state index contributed by atoms with van der Waals surface area (Å²) in [5.74, 6) is -0.853. The van der Waals surface area contributed by atoms with E-state index in [1.807, 2.05) is 0 Å². The Labute approximate surface area is 182 Å². The summed E-state index contributed by atoms with van der Waals surface area (Å²) in [4.78, 5) is 13.2. The van der Waals surface area contributed by atoms with E-state index in [0.717, 1.165) is 29.3 Å². The quantitative estimate of drug-likeness (QED) is 0.421. The zero-order valence-corrected chi connectivity index (χ0v) is 17.0. The minimum atomic E-state index is -4.93. The van der Waals surface area contributed by atoms with E-state index in [0.29, 0.717) is 9.70 Å². The summed E-state index contributed by atoms with van der Waals surface area (Å²) in [5.41, 5.74) is -2.10. The summed E-state index contributed by atoms with van der Waals surface area (Å²) in [6.45, 7) is -0.324. The van der Waals surface area contributed by atoms with Crippen molar-refractivity contribution in [2.45, 2.75) is 18.9 Å². The second-order valence-electron chi connectivity index (χ2n) is 6.67. The van der Waals surface area contributed by atoms with Gasteiger partial charge < -0.3 is 9.64 Å². The second-order valence-corrected chi connectivity index (χ2v) is 7.10. The van der Waals surface area contributed by atoms with Crippen LogP contribution >= 0.6 is 11.6 Å². The molecule has 3 rings (SSSR count). The SMILES string of the molecule is CN(Cc1cccc(C(F)(F)F)c1)C(=O)Oc1cnn(-c2ccc(Cl)cc2)c1C(F)(F)F. The number of ether oxygens (including phenoxy) is 1. The van der Waals surface area contributed by atoms with E-state index in [1.165, 1.54) is 37.4 Å². The van der Waals surface area contributed by atoms with Crippen LogP contribution in [0.25, 0.3) is 5.69 Å². The van der Waals surface area contributed by atoms with Gasteiger partial charge in [-0.1, -0.05) is 23.7 Å². The first-order valence-electron chi connectivity index (χ1n) is 8.86. The molecule has 0 aliphatic heterocycles. The molecule has 0 radical (unpaired) electrons. The van der Waals surface area contributed by atoms with Crippen molar-refractivity contribution >= 4 is 17.7 Å². The van der Waals surface area contributed by atoms with Crippen LogP contribution in [0.2, 0.25) is 5.02 Å². The topological polar surface area (TPSA) is 47.4 Å². The van der Waals surface area contributed by atoms with Gasteiger partial charge in [-0.25, -0.2) is 9.48 Å². The smallest absolute Gasteiger partial charge is 0.406 e. The van der Waals surface area contributed by atoms with Crippen LogP contribution in [0.5, 0.6) is 5.75 Å². The van der Waals surface area contributed by atoms with Crippen molar-refractivity contribution in [2.24, 2.45) is 0 Å². The summed E-state index contributed by atoms with van der Waals surface area (Å²) in [6.07, 6.45) is -9.98. The number of nitrogens with zero attached hydrogens (tertiary/aromatic N) is 3. The van der Waals surface area contributed by atoms with Crippen LogP contribution in [0, 0.1) is 0 Å². The lowest BCUT2D eigenvalue weighted by Crippen LogP contribution is -2.30. The van der Waals surface area contributed by atoms with Crippen molar-refractivity contribution in [1.82, 2.24) is 14.7 Å². The molecule has 1 amide bonds. The van der Waals surface area contributed by atoms with Gasteiger partial charge in [-0.05, 0) is 42.0 Å². The lowest BCUT2D eigenvalue weighted by Gasteiger charge is -2.18. The Morgan fingerprint density at radius 3 is 2.31 bits per heavy atom. The summed E-state index contributed by atoms with van der Waals surface area (Å²) < 4.78 is 84.9. The molecule has 1 aromatic heterocycles. The highest BCUT2D eigenvalue weighted by atomic mass is 35.5. The van der Waals surface area contributed by atoms with Gasteiger partial charge in [0, 0.05) is 18.6 Å². The molecule has 0 saturated heterocycles. The van der Waals surface area contributed by atoms with Crippen LogP contribution in [0.3, 0.4) is 0 Å². The summed E-state index contributed by atoms with van der Waals surface area (Å²) in [5, 5.41) is 3.95. The summed E-state index contributed by atoms with van der Waals surface area (Å²) in [7, 11) is 1.18. The highest BCUT2D eigenvalue weighted by molar-refractivity contribution is 6.30. The van der Waals surface area contributed by atoms with Gasteiger partial charge in [0.05, 0.1) is 17.4 Å². The van der Waals surface area contributed by atoms with Crippen LogP contribution in [0.4, 0.5) is 31.1 Å². The molecule has 1 heterocycles. The first-order valence-corrected chi connectivity index (χ1v) is 9.24. The molecule has 170 valence electrons. The predicted octanol–water partition coefficient (Wildman–Crippen LogP) is 6.19. The molecule has 0 spiro atoms. The van der Waals surface area contributed by atoms with Gasteiger partial charge in [0.2, 0.25) is 0 Å². The number of hydrogen-bond donors (Lipinski definition) is 0. The molecule has 0 N–H and O–H groups in total. The third-order valence-corrected chi connectivity index (χ3v) is 4.51. The number of benzene rings is 2. The normalized spacial score (nSPS) is 12.0. The molecular weight excluding hydrogens is 464 g/mol.